The van der Waals surface area contributed by atoms with Crippen molar-refractivity contribution in [3.05, 3.63) is 53.7 Å². The molecular formula is C22H29N3O2. The lowest BCUT2D eigenvalue weighted by atomic mass is 9.87. The summed E-state index contributed by atoms with van der Waals surface area (Å²) < 4.78 is 5.80. The molecule has 0 saturated carbocycles. The molecule has 0 aliphatic carbocycles. The number of likely N-dealkylation sites (tertiary alicyclic amines) is 1. The highest BCUT2D eigenvalue weighted by molar-refractivity contribution is 5.94. The highest BCUT2D eigenvalue weighted by atomic mass is 16.5. The van der Waals surface area contributed by atoms with Crippen molar-refractivity contribution in [3.63, 3.8) is 0 Å². The van der Waals surface area contributed by atoms with Crippen molar-refractivity contribution >= 4 is 5.91 Å². The van der Waals surface area contributed by atoms with Crippen LogP contribution >= 0.6 is 0 Å². The second-order valence-corrected chi connectivity index (χ2v) is 8.75. The van der Waals surface area contributed by atoms with Gasteiger partial charge in [0.15, 0.2) is 0 Å². The number of carbonyl (C=O) groups excluding carboxylic acids is 1. The normalized spacial score (nSPS) is 20.0. The van der Waals surface area contributed by atoms with Gasteiger partial charge in [0.2, 0.25) is 5.88 Å². The zero-order valence-corrected chi connectivity index (χ0v) is 16.7. The van der Waals surface area contributed by atoms with E-state index in [4.69, 9.17) is 10.5 Å². The highest BCUT2D eigenvalue weighted by Gasteiger charge is 2.35. The Morgan fingerprint density at radius 3 is 2.44 bits per heavy atom. The number of hydrogen-bond donors (Lipinski definition) is 1. The highest BCUT2D eigenvalue weighted by Crippen LogP contribution is 2.30. The summed E-state index contributed by atoms with van der Waals surface area (Å²) in [7, 11) is 0. The Hall–Kier alpha value is -2.40. The largest absolute Gasteiger partial charge is 0.439 e. The maximum Gasteiger partial charge on any atom is 0.255 e. The molecule has 1 aromatic carbocycles. The average molecular weight is 367 g/mol. The summed E-state index contributed by atoms with van der Waals surface area (Å²) in [4.78, 5) is 18.8. The SMILES string of the molecule is CC1(CN)CCN(C(=O)c2ccc(Oc3ccc(C(C)(C)C)cc3)nc2)C1. The molecule has 1 atom stereocenters. The van der Waals surface area contributed by atoms with Gasteiger partial charge in [-0.2, -0.15) is 0 Å². The summed E-state index contributed by atoms with van der Waals surface area (Å²) in [5.74, 6) is 1.21. The molecular weight excluding hydrogens is 338 g/mol. The lowest BCUT2D eigenvalue weighted by molar-refractivity contribution is 0.0776. The fourth-order valence-corrected chi connectivity index (χ4v) is 3.26. The second kappa shape index (κ2) is 7.31. The van der Waals surface area contributed by atoms with Gasteiger partial charge in [0.05, 0.1) is 5.56 Å². The first-order chi connectivity index (χ1) is 12.7. The van der Waals surface area contributed by atoms with Gasteiger partial charge in [0.1, 0.15) is 5.75 Å². The third-order valence-corrected chi connectivity index (χ3v) is 5.26. The topological polar surface area (TPSA) is 68.5 Å². The van der Waals surface area contributed by atoms with Crippen LogP contribution in [0.5, 0.6) is 11.6 Å². The van der Waals surface area contributed by atoms with Crippen LogP contribution in [0.25, 0.3) is 0 Å². The molecule has 27 heavy (non-hydrogen) atoms. The monoisotopic (exact) mass is 367 g/mol. The number of hydrogen-bond acceptors (Lipinski definition) is 4. The number of nitrogens with zero attached hydrogens (tertiary/aromatic N) is 2. The zero-order valence-electron chi connectivity index (χ0n) is 16.7. The maximum absolute atomic E-state index is 12.7. The molecule has 1 fully saturated rings. The van der Waals surface area contributed by atoms with E-state index in [-0.39, 0.29) is 16.7 Å². The van der Waals surface area contributed by atoms with Crippen molar-refractivity contribution in [2.45, 2.75) is 39.5 Å². The maximum atomic E-state index is 12.7. The molecule has 1 aliphatic heterocycles. The van der Waals surface area contributed by atoms with Crippen LogP contribution in [0.4, 0.5) is 0 Å². The summed E-state index contributed by atoms with van der Waals surface area (Å²) >= 11 is 0. The van der Waals surface area contributed by atoms with E-state index in [2.05, 4.69) is 44.8 Å². The number of aromatic nitrogens is 1. The number of benzene rings is 1. The molecule has 3 rings (SSSR count). The molecule has 0 radical (unpaired) electrons. The van der Waals surface area contributed by atoms with E-state index in [1.807, 2.05) is 17.0 Å². The molecule has 1 amide bonds. The minimum atomic E-state index is 0.000699. The molecule has 2 N–H and O–H groups in total. The van der Waals surface area contributed by atoms with Gasteiger partial charge in [-0.05, 0) is 47.6 Å². The van der Waals surface area contributed by atoms with E-state index < -0.39 is 0 Å². The standard InChI is InChI=1S/C22H29N3O2/c1-21(2,3)17-6-8-18(9-7-17)27-19-10-5-16(13-24-19)20(26)25-12-11-22(4,14-23)15-25/h5-10,13H,11-12,14-15,23H2,1-4H3. The Balaban J connectivity index is 1.64. The summed E-state index contributed by atoms with van der Waals surface area (Å²) in [6.45, 7) is 10.7. The van der Waals surface area contributed by atoms with Gasteiger partial charge in [-0.3, -0.25) is 4.79 Å². The van der Waals surface area contributed by atoms with Crippen LogP contribution in [0.3, 0.4) is 0 Å². The average Bonchev–Trinajstić information content (AvgIpc) is 3.04. The number of nitrogens with two attached hydrogens (primary N) is 1. The Kier molecular flexibility index (Phi) is 5.24. The number of amides is 1. The van der Waals surface area contributed by atoms with Crippen LogP contribution < -0.4 is 10.5 Å². The quantitative estimate of drug-likeness (QED) is 0.887. The number of carbonyl (C=O) groups is 1. The third kappa shape index (κ3) is 4.48. The van der Waals surface area contributed by atoms with E-state index in [1.54, 1.807) is 18.3 Å². The first-order valence-electron chi connectivity index (χ1n) is 9.44. The van der Waals surface area contributed by atoms with Crippen LogP contribution in [0.15, 0.2) is 42.6 Å². The first kappa shape index (κ1) is 19.4. The zero-order chi connectivity index (χ0) is 19.7. The minimum absolute atomic E-state index is 0.000699. The molecule has 2 aromatic rings. The number of pyridine rings is 1. The Bertz CT molecular complexity index is 794. The smallest absolute Gasteiger partial charge is 0.255 e. The van der Waals surface area contributed by atoms with E-state index in [0.717, 1.165) is 18.7 Å². The predicted molar refractivity (Wildman–Crippen MR) is 107 cm³/mol. The van der Waals surface area contributed by atoms with E-state index in [1.165, 1.54) is 5.56 Å². The van der Waals surface area contributed by atoms with Crippen LogP contribution in [-0.4, -0.2) is 35.4 Å². The third-order valence-electron chi connectivity index (χ3n) is 5.26. The van der Waals surface area contributed by atoms with Gasteiger partial charge in [-0.25, -0.2) is 4.98 Å². The van der Waals surface area contributed by atoms with Gasteiger partial charge in [0, 0.05) is 25.4 Å². The number of rotatable bonds is 4. The van der Waals surface area contributed by atoms with Gasteiger partial charge in [0.25, 0.3) is 5.91 Å². The first-order valence-corrected chi connectivity index (χ1v) is 9.44. The molecule has 1 unspecified atom stereocenters. The Morgan fingerprint density at radius 1 is 1.22 bits per heavy atom. The second-order valence-electron chi connectivity index (χ2n) is 8.75. The van der Waals surface area contributed by atoms with Crippen LogP contribution in [0, 0.1) is 5.41 Å². The van der Waals surface area contributed by atoms with Crippen molar-refractivity contribution in [1.29, 1.82) is 0 Å². The summed E-state index contributed by atoms with van der Waals surface area (Å²) in [6.07, 6.45) is 2.52. The van der Waals surface area contributed by atoms with Gasteiger partial charge >= 0.3 is 0 Å². The van der Waals surface area contributed by atoms with Crippen molar-refractivity contribution in [1.82, 2.24) is 9.88 Å². The fourth-order valence-electron chi connectivity index (χ4n) is 3.26. The summed E-state index contributed by atoms with van der Waals surface area (Å²) in [6, 6.07) is 11.5. The summed E-state index contributed by atoms with van der Waals surface area (Å²) in [5.41, 5.74) is 7.78. The molecule has 144 valence electrons. The van der Waals surface area contributed by atoms with Crippen molar-refractivity contribution in [3.8, 4) is 11.6 Å². The van der Waals surface area contributed by atoms with Crippen molar-refractivity contribution < 1.29 is 9.53 Å². The predicted octanol–water partition coefficient (Wildman–Crippen LogP) is 3.98. The molecule has 1 aromatic heterocycles. The lowest BCUT2D eigenvalue weighted by Crippen LogP contribution is -2.34. The molecule has 2 heterocycles. The van der Waals surface area contributed by atoms with Crippen LogP contribution in [0.2, 0.25) is 0 Å². The van der Waals surface area contributed by atoms with Crippen LogP contribution in [-0.2, 0) is 5.41 Å². The van der Waals surface area contributed by atoms with E-state index in [9.17, 15) is 4.79 Å². The minimum Gasteiger partial charge on any atom is -0.439 e. The fraction of sp³-hybridized carbons (Fsp3) is 0.455. The van der Waals surface area contributed by atoms with Crippen molar-refractivity contribution in [2.24, 2.45) is 11.1 Å². The molecule has 0 bridgehead atoms. The van der Waals surface area contributed by atoms with Gasteiger partial charge in [-0.15, -0.1) is 0 Å². The number of ether oxygens (including phenoxy) is 1. The molecule has 1 aliphatic rings. The van der Waals surface area contributed by atoms with E-state index in [0.29, 0.717) is 24.5 Å². The molecule has 1 saturated heterocycles. The summed E-state index contributed by atoms with van der Waals surface area (Å²) in [5, 5.41) is 0. The van der Waals surface area contributed by atoms with E-state index >= 15 is 0 Å². The molecule has 0 spiro atoms. The van der Waals surface area contributed by atoms with Gasteiger partial charge in [-0.1, -0.05) is 39.8 Å². The van der Waals surface area contributed by atoms with Crippen molar-refractivity contribution in [2.75, 3.05) is 19.6 Å². The Labute approximate surface area is 161 Å². The Morgan fingerprint density at radius 2 is 1.93 bits per heavy atom. The molecule has 5 nitrogen and oxygen atoms in total. The lowest BCUT2D eigenvalue weighted by Gasteiger charge is -2.22. The van der Waals surface area contributed by atoms with Crippen LogP contribution in [0.1, 0.15) is 50.0 Å². The molecule has 5 heteroatoms. The van der Waals surface area contributed by atoms with Gasteiger partial charge < -0.3 is 15.4 Å².